The van der Waals surface area contributed by atoms with Gasteiger partial charge in [0.05, 0.1) is 21.4 Å². The summed E-state index contributed by atoms with van der Waals surface area (Å²) in [7, 11) is 0. The molecule has 3 aromatic carbocycles. The van der Waals surface area contributed by atoms with Crippen molar-refractivity contribution in [3.05, 3.63) is 82.8 Å². The van der Waals surface area contributed by atoms with Gasteiger partial charge in [0, 0.05) is 16.7 Å². The van der Waals surface area contributed by atoms with Crippen LogP contribution in [0, 0.1) is 0 Å². The highest BCUT2D eigenvalue weighted by Gasteiger charge is 2.18. The van der Waals surface area contributed by atoms with E-state index in [4.69, 9.17) is 28.2 Å². The maximum Gasteiger partial charge on any atom is 0.138 e. The molecule has 0 aliphatic carbocycles. The third-order valence-electron chi connectivity index (χ3n) is 4.11. The van der Waals surface area contributed by atoms with Crippen LogP contribution in [0.15, 0.2) is 72.8 Å². The number of nitrogens with zero attached hydrogens (tertiary/aromatic N) is 1. The standard InChI is InChI=1S/C21H14Cl2N2O/c22-17-8-4-7-16(18(17)23)20-19(13-5-2-1-3-6-13)24-21(25-20)14-9-11-15(26)12-10-14/h1-12,26H,(H,24,25). The first-order valence-electron chi connectivity index (χ1n) is 8.02. The van der Waals surface area contributed by atoms with E-state index < -0.39 is 0 Å². The summed E-state index contributed by atoms with van der Waals surface area (Å²) in [4.78, 5) is 8.15. The molecule has 0 aliphatic rings. The monoisotopic (exact) mass is 380 g/mol. The molecule has 0 fully saturated rings. The molecule has 128 valence electrons. The Bertz CT molecular complexity index is 1060. The van der Waals surface area contributed by atoms with Crippen molar-refractivity contribution in [2.45, 2.75) is 0 Å². The highest BCUT2D eigenvalue weighted by atomic mass is 35.5. The van der Waals surface area contributed by atoms with Crippen molar-refractivity contribution in [2.24, 2.45) is 0 Å². The molecule has 0 bridgehead atoms. The molecule has 4 rings (SSSR count). The van der Waals surface area contributed by atoms with Gasteiger partial charge in [-0.05, 0) is 30.3 Å². The topological polar surface area (TPSA) is 48.9 Å². The van der Waals surface area contributed by atoms with Gasteiger partial charge in [0.1, 0.15) is 11.6 Å². The normalized spacial score (nSPS) is 10.8. The number of hydrogen-bond donors (Lipinski definition) is 2. The molecular formula is C21H14Cl2N2O. The Balaban J connectivity index is 1.94. The molecule has 5 heteroatoms. The number of aromatic nitrogens is 2. The first-order chi connectivity index (χ1) is 12.6. The van der Waals surface area contributed by atoms with E-state index >= 15 is 0 Å². The number of imidazole rings is 1. The van der Waals surface area contributed by atoms with Crippen LogP contribution in [0.5, 0.6) is 5.75 Å². The molecule has 0 radical (unpaired) electrons. The zero-order valence-corrected chi connectivity index (χ0v) is 15.1. The van der Waals surface area contributed by atoms with Gasteiger partial charge in [-0.25, -0.2) is 4.98 Å². The maximum absolute atomic E-state index is 9.52. The van der Waals surface area contributed by atoms with E-state index in [0.717, 1.165) is 28.1 Å². The first kappa shape index (κ1) is 16.7. The predicted octanol–water partition coefficient (Wildman–Crippen LogP) is 6.42. The van der Waals surface area contributed by atoms with Gasteiger partial charge in [-0.15, -0.1) is 0 Å². The molecule has 26 heavy (non-hydrogen) atoms. The number of phenolic OH excluding ortho intramolecular Hbond substituents is 1. The molecule has 0 saturated heterocycles. The SMILES string of the molecule is Oc1ccc(-c2nc(-c3ccccc3)c(-c3cccc(Cl)c3Cl)[nH]2)cc1. The Morgan fingerprint density at radius 2 is 1.50 bits per heavy atom. The number of halogens is 2. The zero-order chi connectivity index (χ0) is 18.1. The lowest BCUT2D eigenvalue weighted by Gasteiger charge is -2.06. The summed E-state index contributed by atoms with van der Waals surface area (Å²) in [5, 5.41) is 10.5. The Kier molecular flexibility index (Phi) is 4.41. The highest BCUT2D eigenvalue weighted by molar-refractivity contribution is 6.43. The number of phenols is 1. The predicted molar refractivity (Wildman–Crippen MR) is 107 cm³/mol. The number of hydrogen-bond acceptors (Lipinski definition) is 2. The smallest absolute Gasteiger partial charge is 0.138 e. The van der Waals surface area contributed by atoms with Crippen molar-refractivity contribution in [1.82, 2.24) is 9.97 Å². The van der Waals surface area contributed by atoms with E-state index in [-0.39, 0.29) is 5.75 Å². The summed E-state index contributed by atoms with van der Waals surface area (Å²) >= 11 is 12.7. The fourth-order valence-corrected chi connectivity index (χ4v) is 3.22. The van der Waals surface area contributed by atoms with Crippen molar-refractivity contribution >= 4 is 23.2 Å². The zero-order valence-electron chi connectivity index (χ0n) is 13.6. The van der Waals surface area contributed by atoms with Crippen LogP contribution in [0.2, 0.25) is 10.0 Å². The lowest BCUT2D eigenvalue weighted by molar-refractivity contribution is 0.475. The van der Waals surface area contributed by atoms with Crippen molar-refractivity contribution < 1.29 is 5.11 Å². The molecule has 1 heterocycles. The molecule has 0 spiro atoms. The number of aromatic amines is 1. The summed E-state index contributed by atoms with van der Waals surface area (Å²) in [6.07, 6.45) is 0. The Labute approximate surface area is 160 Å². The molecule has 0 aliphatic heterocycles. The Hall–Kier alpha value is -2.75. The Morgan fingerprint density at radius 3 is 2.23 bits per heavy atom. The third kappa shape index (κ3) is 3.07. The van der Waals surface area contributed by atoms with Crippen LogP contribution in [-0.4, -0.2) is 15.1 Å². The van der Waals surface area contributed by atoms with Crippen LogP contribution in [0.4, 0.5) is 0 Å². The first-order valence-corrected chi connectivity index (χ1v) is 8.78. The molecule has 4 aromatic rings. The van der Waals surface area contributed by atoms with Crippen molar-refractivity contribution in [1.29, 1.82) is 0 Å². The summed E-state index contributed by atoms with van der Waals surface area (Å²) in [6, 6.07) is 22.3. The van der Waals surface area contributed by atoms with Crippen molar-refractivity contribution in [3.8, 4) is 39.7 Å². The number of aromatic hydroxyl groups is 1. The van der Waals surface area contributed by atoms with Gasteiger partial charge in [0.2, 0.25) is 0 Å². The minimum atomic E-state index is 0.210. The van der Waals surface area contributed by atoms with Gasteiger partial charge in [-0.2, -0.15) is 0 Å². The van der Waals surface area contributed by atoms with Crippen LogP contribution in [0.1, 0.15) is 0 Å². The van der Waals surface area contributed by atoms with Crippen LogP contribution in [0.3, 0.4) is 0 Å². The lowest BCUT2D eigenvalue weighted by Crippen LogP contribution is -1.85. The second-order valence-corrected chi connectivity index (χ2v) is 6.61. The van der Waals surface area contributed by atoms with Gasteiger partial charge >= 0.3 is 0 Å². The molecule has 3 nitrogen and oxygen atoms in total. The fraction of sp³-hybridized carbons (Fsp3) is 0. The molecule has 2 N–H and O–H groups in total. The molecule has 1 aromatic heterocycles. The summed E-state index contributed by atoms with van der Waals surface area (Å²) in [6.45, 7) is 0. The second kappa shape index (κ2) is 6.87. The summed E-state index contributed by atoms with van der Waals surface area (Å²) in [5.41, 5.74) is 4.21. The quantitative estimate of drug-likeness (QED) is 0.430. The van der Waals surface area contributed by atoms with Crippen LogP contribution < -0.4 is 0 Å². The maximum atomic E-state index is 9.52. The number of rotatable bonds is 3. The molecule has 0 amide bonds. The van der Waals surface area contributed by atoms with Crippen LogP contribution in [-0.2, 0) is 0 Å². The number of nitrogens with one attached hydrogen (secondary N) is 1. The van der Waals surface area contributed by atoms with Gasteiger partial charge in [-0.3, -0.25) is 0 Å². The van der Waals surface area contributed by atoms with Gasteiger partial charge in [0.25, 0.3) is 0 Å². The van der Waals surface area contributed by atoms with Gasteiger partial charge < -0.3 is 10.1 Å². The minimum absolute atomic E-state index is 0.210. The van der Waals surface area contributed by atoms with E-state index in [2.05, 4.69) is 4.98 Å². The van der Waals surface area contributed by atoms with Crippen molar-refractivity contribution in [2.75, 3.05) is 0 Å². The third-order valence-corrected chi connectivity index (χ3v) is 4.93. The average Bonchev–Trinajstić information content (AvgIpc) is 3.10. The molecular weight excluding hydrogens is 367 g/mol. The minimum Gasteiger partial charge on any atom is -0.508 e. The second-order valence-electron chi connectivity index (χ2n) is 5.82. The summed E-state index contributed by atoms with van der Waals surface area (Å²) < 4.78 is 0. The Morgan fingerprint density at radius 1 is 0.769 bits per heavy atom. The lowest BCUT2D eigenvalue weighted by atomic mass is 10.1. The van der Waals surface area contributed by atoms with Gasteiger partial charge in [0.15, 0.2) is 0 Å². The summed E-state index contributed by atoms with van der Waals surface area (Å²) in [5.74, 6) is 0.900. The van der Waals surface area contributed by atoms with E-state index in [9.17, 15) is 5.11 Å². The van der Waals surface area contributed by atoms with E-state index in [1.165, 1.54) is 0 Å². The van der Waals surface area contributed by atoms with E-state index in [0.29, 0.717) is 15.9 Å². The van der Waals surface area contributed by atoms with Crippen molar-refractivity contribution in [3.63, 3.8) is 0 Å². The molecule has 0 saturated carbocycles. The fourth-order valence-electron chi connectivity index (χ4n) is 2.83. The number of benzene rings is 3. The van der Waals surface area contributed by atoms with Gasteiger partial charge in [-0.1, -0.05) is 65.7 Å². The number of H-pyrrole nitrogens is 1. The van der Waals surface area contributed by atoms with Crippen LogP contribution >= 0.6 is 23.2 Å². The van der Waals surface area contributed by atoms with E-state index in [1.54, 1.807) is 18.2 Å². The van der Waals surface area contributed by atoms with Crippen LogP contribution in [0.25, 0.3) is 33.9 Å². The molecule has 0 atom stereocenters. The molecule has 0 unspecified atom stereocenters. The average molecular weight is 381 g/mol. The highest BCUT2D eigenvalue weighted by Crippen LogP contribution is 2.39. The largest absolute Gasteiger partial charge is 0.508 e. The van der Waals surface area contributed by atoms with E-state index in [1.807, 2.05) is 54.6 Å².